The molecular weight excluding hydrogens is 284 g/mol. The van der Waals surface area contributed by atoms with E-state index in [0.717, 1.165) is 44.3 Å². The second-order valence-electron chi connectivity index (χ2n) is 6.20. The van der Waals surface area contributed by atoms with Gasteiger partial charge in [-0.2, -0.15) is 0 Å². The van der Waals surface area contributed by atoms with E-state index in [2.05, 4.69) is 43.1 Å². The Hall–Kier alpha value is -0.610. The monoisotopic (exact) mass is 310 g/mol. The van der Waals surface area contributed by atoms with Crippen LogP contribution in [0.4, 0.5) is 0 Å². The van der Waals surface area contributed by atoms with Crippen LogP contribution in [0.2, 0.25) is 5.02 Å². The number of morpholine rings is 1. The predicted octanol–water partition coefficient (Wildman–Crippen LogP) is 3.49. The summed E-state index contributed by atoms with van der Waals surface area (Å²) in [5.41, 5.74) is 1.27. The van der Waals surface area contributed by atoms with E-state index in [-0.39, 0.29) is 11.6 Å². The van der Waals surface area contributed by atoms with Crippen molar-refractivity contribution in [3.63, 3.8) is 0 Å². The topological polar surface area (TPSA) is 24.5 Å². The van der Waals surface area contributed by atoms with Crippen molar-refractivity contribution in [1.29, 1.82) is 0 Å². The number of rotatable bonds is 6. The van der Waals surface area contributed by atoms with Crippen molar-refractivity contribution in [2.24, 2.45) is 0 Å². The van der Waals surface area contributed by atoms with Crippen molar-refractivity contribution in [2.75, 3.05) is 32.8 Å². The van der Waals surface area contributed by atoms with Crippen LogP contribution in [0, 0.1) is 0 Å². The Balaban J connectivity index is 2.25. The van der Waals surface area contributed by atoms with Gasteiger partial charge < -0.3 is 10.1 Å². The zero-order valence-corrected chi connectivity index (χ0v) is 14.1. The van der Waals surface area contributed by atoms with Crippen molar-refractivity contribution in [3.8, 4) is 0 Å². The molecule has 1 aliphatic rings. The van der Waals surface area contributed by atoms with Crippen LogP contribution in [-0.4, -0.2) is 43.3 Å². The smallest absolute Gasteiger partial charge is 0.0594 e. The Morgan fingerprint density at radius 1 is 1.33 bits per heavy atom. The molecule has 1 fully saturated rings. The van der Waals surface area contributed by atoms with Gasteiger partial charge in [0, 0.05) is 23.7 Å². The minimum Gasteiger partial charge on any atom is -0.379 e. The fourth-order valence-electron chi connectivity index (χ4n) is 3.07. The van der Waals surface area contributed by atoms with Gasteiger partial charge in [0.2, 0.25) is 0 Å². The summed E-state index contributed by atoms with van der Waals surface area (Å²) in [5, 5.41) is 4.51. The third-order valence-electron chi connectivity index (χ3n) is 4.31. The van der Waals surface area contributed by atoms with Gasteiger partial charge in [0.1, 0.15) is 0 Å². The number of nitrogens with one attached hydrogen (secondary N) is 1. The molecule has 118 valence electrons. The molecule has 2 rings (SSSR count). The molecule has 1 saturated heterocycles. The first kappa shape index (κ1) is 16.8. The van der Waals surface area contributed by atoms with Crippen LogP contribution in [0.3, 0.4) is 0 Å². The maximum Gasteiger partial charge on any atom is 0.0594 e. The van der Waals surface area contributed by atoms with Crippen molar-refractivity contribution in [2.45, 2.75) is 38.8 Å². The number of benzene rings is 1. The van der Waals surface area contributed by atoms with Gasteiger partial charge in [-0.25, -0.2) is 0 Å². The van der Waals surface area contributed by atoms with Gasteiger partial charge in [0.05, 0.1) is 19.3 Å². The minimum absolute atomic E-state index is 0.0175. The maximum absolute atomic E-state index is 6.20. The van der Waals surface area contributed by atoms with Crippen LogP contribution in [0.1, 0.15) is 38.8 Å². The van der Waals surface area contributed by atoms with E-state index in [1.807, 2.05) is 12.1 Å². The molecule has 1 aliphatic heterocycles. The quantitative estimate of drug-likeness (QED) is 0.870. The molecule has 4 heteroatoms. The molecule has 21 heavy (non-hydrogen) atoms. The Bertz CT molecular complexity index is 444. The largest absolute Gasteiger partial charge is 0.379 e. The summed E-state index contributed by atoms with van der Waals surface area (Å²) in [5.74, 6) is 0. The number of nitrogens with zero attached hydrogens (tertiary/aromatic N) is 1. The highest BCUT2D eigenvalue weighted by Gasteiger charge is 2.36. The van der Waals surface area contributed by atoms with E-state index in [9.17, 15) is 0 Å². The summed E-state index contributed by atoms with van der Waals surface area (Å²) in [6.45, 7) is 11.4. The van der Waals surface area contributed by atoms with Crippen molar-refractivity contribution >= 4 is 11.6 Å². The predicted molar refractivity (Wildman–Crippen MR) is 89.0 cm³/mol. The van der Waals surface area contributed by atoms with E-state index in [0.29, 0.717) is 0 Å². The summed E-state index contributed by atoms with van der Waals surface area (Å²) < 4.78 is 5.50. The van der Waals surface area contributed by atoms with Crippen LogP contribution >= 0.6 is 11.6 Å². The third-order valence-corrected chi connectivity index (χ3v) is 4.55. The molecule has 0 aliphatic carbocycles. The first-order valence-corrected chi connectivity index (χ1v) is 8.25. The van der Waals surface area contributed by atoms with Gasteiger partial charge in [0.25, 0.3) is 0 Å². The highest BCUT2D eigenvalue weighted by atomic mass is 35.5. The van der Waals surface area contributed by atoms with Crippen LogP contribution in [0.25, 0.3) is 0 Å². The van der Waals surface area contributed by atoms with Gasteiger partial charge in [-0.05, 0) is 44.5 Å². The SMILES string of the molecule is CCCNC(c1cccc(Cl)c1)C(C)(C)N1CCOCC1. The zero-order valence-electron chi connectivity index (χ0n) is 13.4. The summed E-state index contributed by atoms with van der Waals surface area (Å²) in [6, 6.07) is 8.48. The zero-order chi connectivity index (χ0) is 15.3. The van der Waals surface area contributed by atoms with E-state index in [4.69, 9.17) is 16.3 Å². The van der Waals surface area contributed by atoms with Gasteiger partial charge >= 0.3 is 0 Å². The molecule has 0 bridgehead atoms. The fourth-order valence-corrected chi connectivity index (χ4v) is 3.27. The molecule has 1 heterocycles. The Morgan fingerprint density at radius 3 is 2.67 bits per heavy atom. The second-order valence-corrected chi connectivity index (χ2v) is 6.63. The Kier molecular flexibility index (Phi) is 6.06. The number of hydrogen-bond acceptors (Lipinski definition) is 3. The van der Waals surface area contributed by atoms with Gasteiger partial charge in [0.15, 0.2) is 0 Å². The Morgan fingerprint density at radius 2 is 2.05 bits per heavy atom. The third kappa shape index (κ3) is 4.19. The average molecular weight is 311 g/mol. The average Bonchev–Trinajstić information content (AvgIpc) is 2.48. The lowest BCUT2D eigenvalue weighted by Crippen LogP contribution is -2.56. The molecule has 0 saturated carbocycles. The molecule has 1 aromatic carbocycles. The molecular formula is C17H27ClN2O. The van der Waals surface area contributed by atoms with E-state index in [1.165, 1.54) is 5.56 Å². The number of halogens is 1. The lowest BCUT2D eigenvalue weighted by atomic mass is 9.86. The summed E-state index contributed by atoms with van der Waals surface area (Å²) in [6.07, 6.45) is 1.12. The maximum atomic E-state index is 6.20. The van der Waals surface area contributed by atoms with E-state index < -0.39 is 0 Å². The van der Waals surface area contributed by atoms with Crippen molar-refractivity contribution in [3.05, 3.63) is 34.9 Å². The number of ether oxygens (including phenoxy) is 1. The summed E-state index contributed by atoms with van der Waals surface area (Å²) in [4.78, 5) is 2.52. The lowest BCUT2D eigenvalue weighted by Gasteiger charge is -2.46. The van der Waals surface area contributed by atoms with Crippen LogP contribution < -0.4 is 5.32 Å². The normalized spacial score (nSPS) is 18.7. The van der Waals surface area contributed by atoms with Crippen LogP contribution in [0.5, 0.6) is 0 Å². The number of hydrogen-bond donors (Lipinski definition) is 1. The molecule has 1 atom stereocenters. The van der Waals surface area contributed by atoms with Crippen molar-refractivity contribution in [1.82, 2.24) is 10.2 Å². The van der Waals surface area contributed by atoms with Crippen molar-refractivity contribution < 1.29 is 4.74 Å². The molecule has 1 aromatic rings. The van der Waals surface area contributed by atoms with Gasteiger partial charge in [-0.3, -0.25) is 4.90 Å². The molecule has 0 radical (unpaired) electrons. The molecule has 3 nitrogen and oxygen atoms in total. The highest BCUT2D eigenvalue weighted by Crippen LogP contribution is 2.32. The molecule has 0 spiro atoms. The standard InChI is InChI=1S/C17H27ClN2O/c1-4-8-19-16(14-6-5-7-15(18)13-14)17(2,3)20-9-11-21-12-10-20/h5-7,13,16,19H,4,8-12H2,1-3H3. The molecule has 1 N–H and O–H groups in total. The van der Waals surface area contributed by atoms with Gasteiger partial charge in [-0.1, -0.05) is 30.7 Å². The van der Waals surface area contributed by atoms with Crippen LogP contribution in [-0.2, 0) is 4.74 Å². The van der Waals surface area contributed by atoms with Gasteiger partial charge in [-0.15, -0.1) is 0 Å². The minimum atomic E-state index is 0.0175. The Labute approximate surface area is 133 Å². The van der Waals surface area contributed by atoms with E-state index in [1.54, 1.807) is 0 Å². The molecule has 0 amide bonds. The first-order valence-electron chi connectivity index (χ1n) is 7.87. The molecule has 0 aromatic heterocycles. The van der Waals surface area contributed by atoms with Crippen LogP contribution in [0.15, 0.2) is 24.3 Å². The summed E-state index contributed by atoms with van der Waals surface area (Å²) in [7, 11) is 0. The first-order chi connectivity index (χ1) is 10.1. The lowest BCUT2D eigenvalue weighted by molar-refractivity contribution is -0.0238. The molecule has 1 unspecified atom stereocenters. The highest BCUT2D eigenvalue weighted by molar-refractivity contribution is 6.30. The van der Waals surface area contributed by atoms with E-state index >= 15 is 0 Å². The summed E-state index contributed by atoms with van der Waals surface area (Å²) >= 11 is 6.20. The fraction of sp³-hybridized carbons (Fsp3) is 0.647. The second kappa shape index (κ2) is 7.59.